The highest BCUT2D eigenvalue weighted by Crippen LogP contribution is 2.17. The van der Waals surface area contributed by atoms with Gasteiger partial charge in [-0.05, 0) is 70.6 Å². The molecule has 0 heterocycles. The predicted molar refractivity (Wildman–Crippen MR) is 307 cm³/mol. The van der Waals surface area contributed by atoms with Gasteiger partial charge < -0.3 is 14.2 Å². The van der Waals surface area contributed by atoms with Crippen LogP contribution in [-0.2, 0) is 28.6 Å². The summed E-state index contributed by atoms with van der Waals surface area (Å²) in [5, 5.41) is 0. The van der Waals surface area contributed by atoms with Crippen molar-refractivity contribution in [2.75, 3.05) is 13.2 Å². The van der Waals surface area contributed by atoms with Crippen molar-refractivity contribution < 1.29 is 28.6 Å². The van der Waals surface area contributed by atoms with Gasteiger partial charge in [0.1, 0.15) is 13.2 Å². The van der Waals surface area contributed by atoms with E-state index in [4.69, 9.17) is 14.2 Å². The van der Waals surface area contributed by atoms with Crippen LogP contribution in [0.5, 0.6) is 0 Å². The lowest BCUT2D eigenvalue weighted by Gasteiger charge is -2.18. The van der Waals surface area contributed by atoms with Gasteiger partial charge >= 0.3 is 17.9 Å². The molecule has 0 fully saturated rings. The Hall–Kier alpha value is -3.15. The second-order valence-electron chi connectivity index (χ2n) is 20.3. The monoisotopic (exact) mass is 991 g/mol. The molecule has 410 valence electrons. The molecule has 1 atom stereocenters. The molecule has 0 aromatic rings. The molecular formula is C65H114O6. The highest BCUT2D eigenvalue weighted by molar-refractivity contribution is 5.72. The number of allylic oxidation sites excluding steroid dienone is 11. The van der Waals surface area contributed by atoms with E-state index in [1.165, 1.54) is 180 Å². The van der Waals surface area contributed by atoms with Crippen molar-refractivity contribution in [3.8, 4) is 0 Å². The first-order valence-corrected chi connectivity index (χ1v) is 30.4. The number of hydrogen-bond acceptors (Lipinski definition) is 6. The number of ether oxygens (including phenoxy) is 3. The molecule has 0 aliphatic rings. The fourth-order valence-corrected chi connectivity index (χ4v) is 8.69. The predicted octanol–water partition coefficient (Wildman–Crippen LogP) is 20.5. The summed E-state index contributed by atoms with van der Waals surface area (Å²) in [7, 11) is 0. The van der Waals surface area contributed by atoms with Crippen molar-refractivity contribution >= 4 is 17.9 Å². The molecule has 0 aromatic carbocycles. The fourth-order valence-electron chi connectivity index (χ4n) is 8.69. The third-order valence-electron chi connectivity index (χ3n) is 13.2. The van der Waals surface area contributed by atoms with Crippen LogP contribution in [0, 0.1) is 0 Å². The average Bonchev–Trinajstić information content (AvgIpc) is 3.37. The third kappa shape index (κ3) is 57.6. The highest BCUT2D eigenvalue weighted by Gasteiger charge is 2.19. The van der Waals surface area contributed by atoms with Crippen LogP contribution in [0.1, 0.15) is 303 Å². The van der Waals surface area contributed by atoms with E-state index in [2.05, 4.69) is 81.5 Å². The smallest absolute Gasteiger partial charge is 0.310 e. The number of carbonyl (C=O) groups excluding carboxylic acids is 3. The Bertz CT molecular complexity index is 1320. The fraction of sp³-hybridized carbons (Fsp3) is 0.769. The minimum atomic E-state index is -0.831. The Kier molecular flexibility index (Phi) is 56.8. The summed E-state index contributed by atoms with van der Waals surface area (Å²) in [6.45, 7) is 6.44. The largest absolute Gasteiger partial charge is 0.462 e. The SMILES string of the molecule is CC/C=C\C/C=C\C/C=C\C/C=C\C/C=C\CC(=O)OC(COC(=O)CCCCCCC/C=C\CCCCC)COC(=O)CCCCCCCCCCCCCCCCCCCCCCCCCCCC. The Morgan fingerprint density at radius 2 is 0.592 bits per heavy atom. The van der Waals surface area contributed by atoms with Crippen LogP contribution in [-0.4, -0.2) is 37.2 Å². The van der Waals surface area contributed by atoms with Crippen LogP contribution in [0.15, 0.2) is 72.9 Å². The van der Waals surface area contributed by atoms with Crippen molar-refractivity contribution in [2.24, 2.45) is 0 Å². The van der Waals surface area contributed by atoms with Crippen LogP contribution in [0.3, 0.4) is 0 Å². The Balaban J connectivity index is 4.28. The molecule has 1 unspecified atom stereocenters. The molecule has 0 aromatic heterocycles. The summed E-state index contributed by atoms with van der Waals surface area (Å²) in [4.78, 5) is 38.1. The second-order valence-corrected chi connectivity index (χ2v) is 20.3. The van der Waals surface area contributed by atoms with Gasteiger partial charge in [0, 0.05) is 12.8 Å². The van der Waals surface area contributed by atoms with Crippen molar-refractivity contribution in [2.45, 2.75) is 309 Å². The zero-order chi connectivity index (χ0) is 51.4. The van der Waals surface area contributed by atoms with E-state index in [0.29, 0.717) is 12.8 Å². The summed E-state index contributed by atoms with van der Waals surface area (Å²) in [5.41, 5.74) is 0. The van der Waals surface area contributed by atoms with Crippen molar-refractivity contribution in [3.05, 3.63) is 72.9 Å². The molecule has 0 amide bonds. The summed E-state index contributed by atoms with van der Waals surface area (Å²) in [5.74, 6) is -1.04. The number of unbranched alkanes of at least 4 members (excludes halogenated alkanes) is 33. The van der Waals surface area contributed by atoms with E-state index in [1.54, 1.807) is 6.08 Å². The third-order valence-corrected chi connectivity index (χ3v) is 13.2. The number of esters is 3. The lowest BCUT2D eigenvalue weighted by Crippen LogP contribution is -2.30. The quantitative estimate of drug-likeness (QED) is 0.0261. The first-order chi connectivity index (χ1) is 35.0. The lowest BCUT2D eigenvalue weighted by atomic mass is 10.0. The molecule has 6 nitrogen and oxygen atoms in total. The van der Waals surface area contributed by atoms with E-state index < -0.39 is 12.1 Å². The number of hydrogen-bond donors (Lipinski definition) is 0. The zero-order valence-electron chi connectivity index (χ0n) is 47.0. The maximum absolute atomic E-state index is 12.8. The van der Waals surface area contributed by atoms with Gasteiger partial charge in [-0.15, -0.1) is 0 Å². The normalized spacial score (nSPS) is 12.5. The van der Waals surface area contributed by atoms with Gasteiger partial charge in [0.05, 0.1) is 6.42 Å². The topological polar surface area (TPSA) is 78.9 Å². The van der Waals surface area contributed by atoms with Gasteiger partial charge in [-0.3, -0.25) is 14.4 Å². The van der Waals surface area contributed by atoms with Crippen LogP contribution >= 0.6 is 0 Å². The maximum atomic E-state index is 12.8. The molecule has 0 bridgehead atoms. The Morgan fingerprint density at radius 3 is 0.944 bits per heavy atom. The van der Waals surface area contributed by atoms with Crippen LogP contribution < -0.4 is 0 Å². The molecular weight excluding hydrogens is 877 g/mol. The average molecular weight is 992 g/mol. The number of rotatable bonds is 55. The van der Waals surface area contributed by atoms with Gasteiger partial charge in [-0.2, -0.15) is 0 Å². The molecule has 0 N–H and O–H groups in total. The van der Waals surface area contributed by atoms with Crippen molar-refractivity contribution in [1.29, 1.82) is 0 Å². The second kappa shape index (κ2) is 59.4. The van der Waals surface area contributed by atoms with E-state index in [9.17, 15) is 14.4 Å². The standard InChI is InChI=1S/C65H114O6/c1-4-7-10-13-16-19-22-25-27-28-29-30-31-32-33-34-35-36-37-39-40-43-46-49-52-55-58-64(67)70-61-62(60-69-63(66)57-54-51-48-45-42-24-21-18-15-12-9-6-3)71-65(68)59-56-53-50-47-44-41-38-26-23-20-17-14-11-8-5-2/h8,11,17-18,20-21,26,38,44,47,53,56,62H,4-7,9-10,12-16,19,22-25,27-37,39-43,45-46,48-52,54-55,57-61H2,1-3H3/b11-8-,20-17-,21-18-,38-26-,47-44-,56-53-. The van der Waals surface area contributed by atoms with Gasteiger partial charge in [0.2, 0.25) is 0 Å². The van der Waals surface area contributed by atoms with Gasteiger partial charge in [0.15, 0.2) is 6.10 Å². The van der Waals surface area contributed by atoms with E-state index in [1.807, 2.05) is 6.08 Å². The van der Waals surface area contributed by atoms with Crippen LogP contribution in [0.25, 0.3) is 0 Å². The van der Waals surface area contributed by atoms with E-state index in [0.717, 1.165) is 83.5 Å². The van der Waals surface area contributed by atoms with Crippen LogP contribution in [0.2, 0.25) is 0 Å². The van der Waals surface area contributed by atoms with Gasteiger partial charge in [0.25, 0.3) is 0 Å². The molecule has 0 aliphatic carbocycles. The minimum absolute atomic E-state index is 0.0974. The van der Waals surface area contributed by atoms with Crippen LogP contribution in [0.4, 0.5) is 0 Å². The van der Waals surface area contributed by atoms with E-state index >= 15 is 0 Å². The lowest BCUT2D eigenvalue weighted by molar-refractivity contribution is -0.166. The number of carbonyl (C=O) groups is 3. The first kappa shape index (κ1) is 67.8. The zero-order valence-corrected chi connectivity index (χ0v) is 47.0. The summed E-state index contributed by atoms with van der Waals surface area (Å²) < 4.78 is 16.7. The highest BCUT2D eigenvalue weighted by atomic mass is 16.6. The maximum Gasteiger partial charge on any atom is 0.310 e. The molecule has 71 heavy (non-hydrogen) atoms. The van der Waals surface area contributed by atoms with Crippen molar-refractivity contribution in [3.63, 3.8) is 0 Å². The molecule has 0 spiro atoms. The molecule has 0 saturated carbocycles. The van der Waals surface area contributed by atoms with Crippen molar-refractivity contribution in [1.82, 2.24) is 0 Å². The molecule has 0 saturated heterocycles. The van der Waals surface area contributed by atoms with Gasteiger partial charge in [-0.25, -0.2) is 0 Å². The van der Waals surface area contributed by atoms with Gasteiger partial charge in [-0.1, -0.05) is 286 Å². The Labute approximate surface area is 440 Å². The Morgan fingerprint density at radius 1 is 0.310 bits per heavy atom. The first-order valence-electron chi connectivity index (χ1n) is 30.4. The summed E-state index contributed by atoms with van der Waals surface area (Å²) in [6.07, 6.45) is 76.6. The molecule has 0 rings (SSSR count). The molecule has 6 heteroatoms. The molecule has 0 radical (unpaired) electrons. The minimum Gasteiger partial charge on any atom is -0.462 e. The summed E-state index contributed by atoms with van der Waals surface area (Å²) >= 11 is 0. The van der Waals surface area contributed by atoms with E-state index in [-0.39, 0.29) is 31.6 Å². The molecule has 0 aliphatic heterocycles. The summed E-state index contributed by atoms with van der Waals surface area (Å²) in [6, 6.07) is 0.